The van der Waals surface area contributed by atoms with E-state index in [0.29, 0.717) is 13.1 Å². The van der Waals surface area contributed by atoms with Crippen molar-refractivity contribution in [3.8, 4) is 0 Å². The van der Waals surface area contributed by atoms with Gasteiger partial charge in [0.05, 0.1) is 18.1 Å². The van der Waals surface area contributed by atoms with Crippen LogP contribution in [0.15, 0.2) is 34.9 Å². The normalized spacial score (nSPS) is 14.3. The molecule has 3 aromatic heterocycles. The third kappa shape index (κ3) is 4.79. The van der Waals surface area contributed by atoms with E-state index in [4.69, 9.17) is 9.97 Å². The Morgan fingerprint density at radius 3 is 2.97 bits per heavy atom. The summed E-state index contributed by atoms with van der Waals surface area (Å²) in [6, 6.07) is 3.95. The van der Waals surface area contributed by atoms with E-state index < -0.39 is 0 Å². The number of fused-ring (bicyclic) bond motifs is 1. The molecule has 1 aliphatic heterocycles. The zero-order chi connectivity index (χ0) is 20.1. The molecule has 152 valence electrons. The minimum absolute atomic E-state index is 0.107. The number of thioether (sulfide) groups is 1. The molecule has 1 saturated heterocycles. The van der Waals surface area contributed by atoms with Crippen LogP contribution in [0.3, 0.4) is 0 Å². The van der Waals surface area contributed by atoms with Crippen LogP contribution in [0.2, 0.25) is 0 Å². The van der Waals surface area contributed by atoms with Gasteiger partial charge in [-0.05, 0) is 36.1 Å². The molecule has 1 aliphatic rings. The fourth-order valence-electron chi connectivity index (χ4n) is 3.34. The number of carbonyl (C=O) groups is 1. The predicted molar refractivity (Wildman–Crippen MR) is 120 cm³/mol. The minimum atomic E-state index is -0.107. The van der Waals surface area contributed by atoms with E-state index in [1.54, 1.807) is 29.2 Å². The maximum absolute atomic E-state index is 12.0. The summed E-state index contributed by atoms with van der Waals surface area (Å²) in [5, 5.41) is 11.2. The van der Waals surface area contributed by atoms with Crippen molar-refractivity contribution in [2.24, 2.45) is 0 Å². The van der Waals surface area contributed by atoms with Gasteiger partial charge in [-0.2, -0.15) is 5.10 Å². The molecular weight excluding hydrogens is 404 g/mol. The third-order valence-corrected chi connectivity index (χ3v) is 6.27. The molecule has 1 N–H and O–H groups in total. The van der Waals surface area contributed by atoms with E-state index in [2.05, 4.69) is 22.2 Å². The van der Waals surface area contributed by atoms with Gasteiger partial charge in [-0.15, -0.1) is 11.3 Å². The number of carbonyl (C=O) groups excluding carboxylic acids is 1. The number of anilines is 1. The Hall–Kier alpha value is -2.39. The van der Waals surface area contributed by atoms with E-state index in [1.165, 1.54) is 12.8 Å². The molecule has 0 atom stereocenters. The molecule has 1 fully saturated rings. The van der Waals surface area contributed by atoms with Gasteiger partial charge in [0.25, 0.3) is 0 Å². The molecule has 3 aromatic rings. The van der Waals surface area contributed by atoms with Crippen LogP contribution in [0.1, 0.15) is 24.6 Å². The Bertz CT molecular complexity index is 992. The largest absolute Gasteiger partial charge is 0.356 e. The van der Waals surface area contributed by atoms with Gasteiger partial charge >= 0.3 is 0 Å². The van der Waals surface area contributed by atoms with Crippen molar-refractivity contribution in [3.63, 3.8) is 0 Å². The Morgan fingerprint density at radius 2 is 2.21 bits per heavy atom. The monoisotopic (exact) mass is 428 g/mol. The fourth-order valence-corrected chi connectivity index (χ4v) is 4.51. The average Bonchev–Trinajstić information content (AvgIpc) is 3.48. The molecule has 0 radical (unpaired) electrons. The first-order valence-corrected chi connectivity index (χ1v) is 11.7. The Morgan fingerprint density at radius 1 is 1.34 bits per heavy atom. The van der Waals surface area contributed by atoms with Crippen molar-refractivity contribution in [2.75, 3.05) is 30.3 Å². The Kier molecular flexibility index (Phi) is 6.46. The van der Waals surface area contributed by atoms with Crippen LogP contribution < -0.4 is 10.2 Å². The molecule has 0 bridgehead atoms. The lowest BCUT2D eigenvalue weighted by Crippen LogP contribution is -2.26. The Balaban J connectivity index is 1.46. The van der Waals surface area contributed by atoms with Gasteiger partial charge in [-0.3, -0.25) is 4.79 Å². The van der Waals surface area contributed by atoms with E-state index in [9.17, 15) is 4.79 Å². The van der Waals surface area contributed by atoms with E-state index in [1.807, 2.05) is 34.5 Å². The van der Waals surface area contributed by atoms with Gasteiger partial charge in [0, 0.05) is 30.6 Å². The van der Waals surface area contributed by atoms with Gasteiger partial charge in [0.1, 0.15) is 5.82 Å². The number of hydrogen-bond donors (Lipinski definition) is 1. The highest BCUT2D eigenvalue weighted by molar-refractivity contribution is 7.99. The standard InChI is InChI=1S/C20H24N6OS2/c1-2-28-20-23-18(25-10-3-4-11-25)16-14-22-26(19(16)24-20)12-9-21-17(27)8-7-15-6-5-13-29-15/h5-8,13-14H,2-4,9-12H2,1H3,(H,21,27)/b8-7+. The highest BCUT2D eigenvalue weighted by atomic mass is 32.2. The molecule has 4 rings (SSSR count). The summed E-state index contributed by atoms with van der Waals surface area (Å²) in [5.74, 6) is 1.80. The van der Waals surface area contributed by atoms with E-state index >= 15 is 0 Å². The first kappa shape index (κ1) is 19.9. The summed E-state index contributed by atoms with van der Waals surface area (Å²) in [6.45, 7) is 5.21. The number of nitrogens with zero attached hydrogens (tertiary/aromatic N) is 5. The van der Waals surface area contributed by atoms with E-state index in [-0.39, 0.29) is 5.91 Å². The molecule has 7 nitrogen and oxygen atoms in total. The molecule has 0 aliphatic carbocycles. The first-order chi connectivity index (χ1) is 14.2. The summed E-state index contributed by atoms with van der Waals surface area (Å²) in [4.78, 5) is 24.9. The second-order valence-corrected chi connectivity index (χ2v) is 8.91. The SMILES string of the molecule is CCSc1nc(N2CCCC2)c2cnn(CCNC(=O)/C=C/c3cccs3)c2n1. The van der Waals surface area contributed by atoms with Crippen molar-refractivity contribution >= 4 is 51.9 Å². The number of nitrogens with one attached hydrogen (secondary N) is 1. The third-order valence-electron chi connectivity index (χ3n) is 4.70. The molecule has 0 spiro atoms. The van der Waals surface area contributed by atoms with Crippen LogP contribution in [0.4, 0.5) is 5.82 Å². The minimum Gasteiger partial charge on any atom is -0.356 e. The summed E-state index contributed by atoms with van der Waals surface area (Å²) in [7, 11) is 0. The molecule has 29 heavy (non-hydrogen) atoms. The quantitative estimate of drug-likeness (QED) is 0.337. The van der Waals surface area contributed by atoms with Crippen molar-refractivity contribution in [1.82, 2.24) is 25.1 Å². The highest BCUT2D eigenvalue weighted by Crippen LogP contribution is 2.29. The van der Waals surface area contributed by atoms with Crippen LogP contribution in [-0.4, -0.2) is 51.0 Å². The predicted octanol–water partition coefficient (Wildman–Crippen LogP) is 3.43. The van der Waals surface area contributed by atoms with Gasteiger partial charge in [0.15, 0.2) is 10.8 Å². The fraction of sp³-hybridized carbons (Fsp3) is 0.400. The molecule has 0 unspecified atom stereocenters. The zero-order valence-corrected chi connectivity index (χ0v) is 18.0. The lowest BCUT2D eigenvalue weighted by Gasteiger charge is -2.17. The van der Waals surface area contributed by atoms with Gasteiger partial charge in [-0.1, -0.05) is 24.8 Å². The maximum atomic E-state index is 12.0. The van der Waals surface area contributed by atoms with E-state index in [0.717, 1.165) is 45.7 Å². The maximum Gasteiger partial charge on any atom is 0.244 e. The average molecular weight is 429 g/mol. The smallest absolute Gasteiger partial charge is 0.244 e. The van der Waals surface area contributed by atoms with Gasteiger partial charge < -0.3 is 10.2 Å². The molecular formula is C20H24N6OS2. The second-order valence-electron chi connectivity index (χ2n) is 6.70. The van der Waals surface area contributed by atoms with Crippen molar-refractivity contribution in [3.05, 3.63) is 34.7 Å². The number of rotatable bonds is 8. The summed E-state index contributed by atoms with van der Waals surface area (Å²) in [5.41, 5.74) is 0.834. The van der Waals surface area contributed by atoms with Crippen molar-refractivity contribution in [2.45, 2.75) is 31.5 Å². The van der Waals surface area contributed by atoms with Gasteiger partial charge in [0.2, 0.25) is 5.91 Å². The number of thiophene rings is 1. The lowest BCUT2D eigenvalue weighted by molar-refractivity contribution is -0.116. The summed E-state index contributed by atoms with van der Waals surface area (Å²) >= 11 is 3.25. The lowest BCUT2D eigenvalue weighted by atomic mass is 10.3. The number of aromatic nitrogens is 4. The highest BCUT2D eigenvalue weighted by Gasteiger charge is 2.20. The number of amides is 1. The molecule has 9 heteroatoms. The molecule has 0 aromatic carbocycles. The van der Waals surface area contributed by atoms with Gasteiger partial charge in [-0.25, -0.2) is 14.6 Å². The molecule has 1 amide bonds. The number of hydrogen-bond acceptors (Lipinski definition) is 7. The first-order valence-electron chi connectivity index (χ1n) is 9.85. The second kappa shape index (κ2) is 9.41. The summed E-state index contributed by atoms with van der Waals surface area (Å²) < 4.78 is 1.86. The zero-order valence-electron chi connectivity index (χ0n) is 16.4. The van der Waals surface area contributed by atoms with Crippen LogP contribution in [-0.2, 0) is 11.3 Å². The van der Waals surface area contributed by atoms with Crippen molar-refractivity contribution in [1.29, 1.82) is 0 Å². The summed E-state index contributed by atoms with van der Waals surface area (Å²) in [6.07, 6.45) is 7.63. The molecule has 0 saturated carbocycles. The van der Waals surface area contributed by atoms with Crippen LogP contribution in [0, 0.1) is 0 Å². The van der Waals surface area contributed by atoms with Crippen molar-refractivity contribution < 1.29 is 4.79 Å². The van der Waals surface area contributed by atoms with Crippen LogP contribution >= 0.6 is 23.1 Å². The topological polar surface area (TPSA) is 75.9 Å². The Labute approximate surface area is 178 Å². The van der Waals surface area contributed by atoms with Crippen LogP contribution in [0.5, 0.6) is 0 Å². The van der Waals surface area contributed by atoms with Crippen LogP contribution in [0.25, 0.3) is 17.1 Å². The molecule has 4 heterocycles.